The van der Waals surface area contributed by atoms with E-state index in [1.165, 1.54) is 100 Å². The first-order valence-corrected chi connectivity index (χ1v) is 19.8. The Morgan fingerprint density at radius 2 is 1.29 bits per heavy atom. The lowest BCUT2D eigenvalue weighted by molar-refractivity contribution is -0.915. The Bertz CT molecular complexity index is 3100. The van der Waals surface area contributed by atoms with Gasteiger partial charge in [-0.25, -0.2) is 4.57 Å². The zero-order valence-corrected chi connectivity index (χ0v) is 33.1. The molecule has 9 aromatic rings. The molecule has 5 aromatic carbocycles. The summed E-state index contributed by atoms with van der Waals surface area (Å²) in [5.41, 5.74) is 15.3. The highest BCUT2D eigenvalue weighted by Crippen LogP contribution is 2.45. The van der Waals surface area contributed by atoms with Gasteiger partial charge in [-0.2, -0.15) is 13.7 Å². The van der Waals surface area contributed by atoms with E-state index in [4.69, 9.17) is 0 Å². The van der Waals surface area contributed by atoms with Crippen LogP contribution in [0.2, 0.25) is 0 Å². The molecule has 0 N–H and O–H groups in total. The first-order chi connectivity index (χ1) is 26.4. The van der Waals surface area contributed by atoms with Crippen molar-refractivity contribution in [3.63, 3.8) is 0 Å². The molecule has 0 fully saturated rings. The lowest BCUT2D eigenvalue weighted by Crippen LogP contribution is -2.61. The van der Waals surface area contributed by atoms with Gasteiger partial charge in [-0.15, -0.1) is 0 Å². The van der Waals surface area contributed by atoms with Crippen molar-refractivity contribution in [3.05, 3.63) is 138 Å². The molecule has 6 heterocycles. The van der Waals surface area contributed by atoms with Gasteiger partial charge in [-0.1, -0.05) is 108 Å². The quantitative estimate of drug-likeness (QED) is 0.151. The lowest BCUT2D eigenvalue weighted by Gasteiger charge is -2.26. The number of pyridine rings is 1. The fraction of sp³-hybridized carbons (Fsp3) is 0.240. The molecule has 0 amide bonds. The summed E-state index contributed by atoms with van der Waals surface area (Å²) < 4.78 is 13.1. The second kappa shape index (κ2) is 10.8. The Morgan fingerprint density at radius 1 is 0.600 bits per heavy atom. The third-order valence-corrected chi connectivity index (χ3v) is 12.7. The number of aryl methyl sites for hydroxylation is 1. The van der Waals surface area contributed by atoms with Crippen LogP contribution in [0.4, 0.5) is 0 Å². The van der Waals surface area contributed by atoms with E-state index >= 15 is 0 Å². The standard InChI is InChI=1S/C50H47N5/c1-30-37-27-33(50(5,6)7)28-38(30)46-51(8)42-20-14-15-21-43(42)54(46)44-29-52-45(31-16-10-9-11-17-31)34-18-12-13-19-35(34)47(52)55-41-24-22-32(49(2,3)4)26-39(41)36-23-25-40(37)53(44)48(36)55/h9-28,44H,29H2,1-8H3/q+2. The Kier molecular flexibility index (Phi) is 6.41. The van der Waals surface area contributed by atoms with E-state index in [0.717, 1.165) is 6.54 Å². The summed E-state index contributed by atoms with van der Waals surface area (Å²) in [6.07, 6.45) is -0.0911. The van der Waals surface area contributed by atoms with Gasteiger partial charge in [0.15, 0.2) is 11.0 Å². The molecule has 11 rings (SSSR count). The number of hydrogen-bond donors (Lipinski definition) is 0. The molecule has 2 aliphatic rings. The number of fused-ring (bicyclic) bond motifs is 15. The highest BCUT2D eigenvalue weighted by molar-refractivity contribution is 6.10. The molecule has 0 aliphatic carbocycles. The Morgan fingerprint density at radius 3 is 2.05 bits per heavy atom. The third-order valence-electron chi connectivity index (χ3n) is 12.7. The van der Waals surface area contributed by atoms with Crippen molar-refractivity contribution in [1.82, 2.24) is 13.7 Å². The summed E-state index contributed by atoms with van der Waals surface area (Å²) in [6.45, 7) is 17.1. The predicted molar refractivity (Wildman–Crippen MR) is 226 cm³/mol. The number of para-hydroxylation sites is 2. The van der Waals surface area contributed by atoms with Gasteiger partial charge < -0.3 is 0 Å². The molecule has 0 radical (unpaired) electrons. The zero-order chi connectivity index (χ0) is 37.7. The number of hydrogen-bond acceptors (Lipinski definition) is 0. The topological polar surface area (TPSA) is 22.5 Å². The monoisotopic (exact) mass is 717 g/mol. The Balaban J connectivity index is 1.42. The van der Waals surface area contributed by atoms with Crippen molar-refractivity contribution in [2.24, 2.45) is 7.05 Å². The second-order valence-corrected chi connectivity index (χ2v) is 18.0. The van der Waals surface area contributed by atoms with Crippen LogP contribution in [0, 0.1) is 6.92 Å². The van der Waals surface area contributed by atoms with Crippen LogP contribution in [0.15, 0.2) is 121 Å². The van der Waals surface area contributed by atoms with Gasteiger partial charge in [0.1, 0.15) is 17.8 Å². The van der Waals surface area contributed by atoms with Gasteiger partial charge in [-0.3, -0.25) is 4.57 Å². The molecule has 2 bridgehead atoms. The summed E-state index contributed by atoms with van der Waals surface area (Å²) in [5, 5.41) is 5.12. The fourth-order valence-electron chi connectivity index (χ4n) is 9.91. The Labute approximate surface area is 322 Å². The van der Waals surface area contributed by atoms with Gasteiger partial charge in [0.2, 0.25) is 5.82 Å². The molecule has 0 spiro atoms. The van der Waals surface area contributed by atoms with Crippen molar-refractivity contribution in [3.8, 4) is 39.7 Å². The zero-order valence-electron chi connectivity index (χ0n) is 33.1. The molecule has 1 atom stereocenters. The second-order valence-electron chi connectivity index (χ2n) is 18.0. The van der Waals surface area contributed by atoms with E-state index in [-0.39, 0.29) is 17.0 Å². The predicted octanol–water partition coefficient (Wildman–Crippen LogP) is 11.1. The summed E-state index contributed by atoms with van der Waals surface area (Å²) in [6, 6.07) is 46.1. The van der Waals surface area contributed by atoms with Crippen LogP contribution in [-0.4, -0.2) is 13.7 Å². The minimum atomic E-state index is -0.0911. The van der Waals surface area contributed by atoms with Crippen molar-refractivity contribution in [2.75, 3.05) is 0 Å². The van der Waals surface area contributed by atoms with E-state index in [1.54, 1.807) is 0 Å². The average molecular weight is 718 g/mol. The summed E-state index contributed by atoms with van der Waals surface area (Å²) in [4.78, 5) is 0. The van der Waals surface area contributed by atoms with Crippen molar-refractivity contribution >= 4 is 43.7 Å². The lowest BCUT2D eigenvalue weighted by atomic mass is 9.82. The molecule has 270 valence electrons. The smallest absolute Gasteiger partial charge is 0.298 e. The van der Waals surface area contributed by atoms with Crippen molar-refractivity contribution < 1.29 is 9.13 Å². The van der Waals surface area contributed by atoms with E-state index in [0.29, 0.717) is 0 Å². The minimum absolute atomic E-state index is 0.0149. The van der Waals surface area contributed by atoms with Crippen molar-refractivity contribution in [2.45, 2.75) is 72.0 Å². The summed E-state index contributed by atoms with van der Waals surface area (Å²) >= 11 is 0. The SMILES string of the molecule is Cc1c2cc(C(C)(C)C)cc1-c1ccc3c4cc(C(C)(C)C)ccc4n4c3[n+]1C(Cn1c(-c3ccccc3)c3ccccc3c1-4)[n+]1c-2n(C)c2ccccc21. The number of rotatable bonds is 1. The molecule has 0 saturated carbocycles. The van der Waals surface area contributed by atoms with Crippen LogP contribution < -0.4 is 9.13 Å². The largest absolute Gasteiger partial charge is 0.300 e. The first kappa shape index (κ1) is 32.5. The summed E-state index contributed by atoms with van der Waals surface area (Å²) in [7, 11) is 2.26. The van der Waals surface area contributed by atoms with Crippen molar-refractivity contribution in [1.29, 1.82) is 0 Å². The van der Waals surface area contributed by atoms with E-state index in [2.05, 4.69) is 200 Å². The van der Waals surface area contributed by atoms with Crippen LogP contribution in [0.1, 0.15) is 64.4 Å². The highest BCUT2D eigenvalue weighted by Gasteiger charge is 2.45. The fourth-order valence-corrected chi connectivity index (χ4v) is 9.91. The molecule has 55 heavy (non-hydrogen) atoms. The van der Waals surface area contributed by atoms with Gasteiger partial charge in [0.05, 0.1) is 23.7 Å². The normalized spacial score (nSPS) is 15.0. The molecular weight excluding hydrogens is 671 g/mol. The van der Waals surface area contributed by atoms with E-state index in [9.17, 15) is 0 Å². The molecule has 0 saturated heterocycles. The highest BCUT2D eigenvalue weighted by atomic mass is 15.4. The van der Waals surface area contributed by atoms with Crippen LogP contribution in [0.25, 0.3) is 83.5 Å². The minimum Gasteiger partial charge on any atom is -0.298 e. The van der Waals surface area contributed by atoms with Gasteiger partial charge in [0.25, 0.3) is 17.6 Å². The maximum Gasteiger partial charge on any atom is 0.300 e. The van der Waals surface area contributed by atoms with E-state index < -0.39 is 0 Å². The molecule has 4 aromatic heterocycles. The maximum atomic E-state index is 2.72. The first-order valence-electron chi connectivity index (χ1n) is 19.8. The third kappa shape index (κ3) is 4.30. The van der Waals surface area contributed by atoms with Gasteiger partial charge in [0, 0.05) is 21.7 Å². The maximum absolute atomic E-state index is 2.72. The molecule has 2 aliphatic heterocycles. The summed E-state index contributed by atoms with van der Waals surface area (Å²) in [5.74, 6) is 2.47. The molecule has 5 heteroatoms. The molecular formula is C50H47N5+2. The van der Waals surface area contributed by atoms with Crippen LogP contribution >= 0.6 is 0 Å². The van der Waals surface area contributed by atoms with Crippen LogP contribution in [0.3, 0.4) is 0 Å². The molecule has 5 nitrogen and oxygen atoms in total. The number of benzene rings is 5. The molecule has 1 unspecified atom stereocenters. The number of aromatic nitrogens is 5. The number of nitrogens with zero attached hydrogens (tertiary/aromatic N) is 5. The van der Waals surface area contributed by atoms with Gasteiger partial charge >= 0.3 is 0 Å². The van der Waals surface area contributed by atoms with Crippen LogP contribution in [-0.2, 0) is 24.4 Å². The number of imidazole rings is 1. The van der Waals surface area contributed by atoms with E-state index in [1.807, 2.05) is 0 Å². The average Bonchev–Trinajstić information content (AvgIpc) is 3.73. The Hall–Kier alpha value is -5.94. The van der Waals surface area contributed by atoms with Crippen LogP contribution in [0.5, 0.6) is 0 Å². The van der Waals surface area contributed by atoms with Gasteiger partial charge in [-0.05, 0) is 94.6 Å².